The third-order valence-electron chi connectivity index (χ3n) is 1.45. The molecule has 0 spiro atoms. The van der Waals surface area contributed by atoms with Gasteiger partial charge in [0.25, 0.3) is 6.17 Å². The van der Waals surface area contributed by atoms with Gasteiger partial charge in [0.05, 0.1) is 13.2 Å². The Morgan fingerprint density at radius 3 is 2.00 bits per heavy atom. The average molecular weight is 254 g/mol. The maximum absolute atomic E-state index is 12.4. The van der Waals surface area contributed by atoms with Crippen LogP contribution in [0.15, 0.2) is 0 Å². The highest BCUT2D eigenvalue weighted by molar-refractivity contribution is 4.75. The minimum Gasteiger partial charge on any atom is -0.379 e. The zero-order valence-corrected chi connectivity index (χ0v) is 8.49. The SMILES string of the molecule is CCCOCCOC(F)(F)C(F)C(F)(F)F. The summed E-state index contributed by atoms with van der Waals surface area (Å²) in [6.07, 6.45) is -14.2. The Morgan fingerprint density at radius 2 is 1.56 bits per heavy atom. The highest BCUT2D eigenvalue weighted by Gasteiger charge is 2.58. The normalized spacial score (nSPS) is 15.2. The fraction of sp³-hybridized carbons (Fsp3) is 1.00. The number of rotatable bonds is 7. The van der Waals surface area contributed by atoms with Crippen molar-refractivity contribution in [2.45, 2.75) is 31.8 Å². The van der Waals surface area contributed by atoms with Gasteiger partial charge in [0, 0.05) is 6.61 Å². The quantitative estimate of drug-likeness (QED) is 0.513. The third-order valence-corrected chi connectivity index (χ3v) is 1.45. The monoisotopic (exact) mass is 254 g/mol. The molecule has 0 aliphatic carbocycles. The van der Waals surface area contributed by atoms with Crippen LogP contribution in [0.25, 0.3) is 0 Å². The van der Waals surface area contributed by atoms with E-state index in [2.05, 4.69) is 9.47 Å². The average Bonchev–Trinajstić information content (AvgIpc) is 2.15. The van der Waals surface area contributed by atoms with Gasteiger partial charge < -0.3 is 9.47 Å². The van der Waals surface area contributed by atoms with Gasteiger partial charge in [-0.05, 0) is 6.42 Å². The van der Waals surface area contributed by atoms with Crippen molar-refractivity contribution < 1.29 is 35.8 Å². The Kier molecular flexibility index (Phi) is 6.09. The molecule has 0 aromatic carbocycles. The molecule has 16 heavy (non-hydrogen) atoms. The molecule has 0 saturated heterocycles. The Labute approximate surface area is 88.5 Å². The van der Waals surface area contributed by atoms with Crippen LogP contribution in [0, 0.1) is 0 Å². The maximum Gasteiger partial charge on any atom is 0.428 e. The third kappa shape index (κ3) is 5.55. The van der Waals surface area contributed by atoms with E-state index >= 15 is 0 Å². The van der Waals surface area contributed by atoms with Crippen molar-refractivity contribution in [3.05, 3.63) is 0 Å². The van der Waals surface area contributed by atoms with Crippen LogP contribution in [0.3, 0.4) is 0 Å². The Bertz CT molecular complexity index is 193. The van der Waals surface area contributed by atoms with Crippen LogP contribution in [0.5, 0.6) is 0 Å². The predicted octanol–water partition coefficient (Wildman–Crippen LogP) is 2.92. The first-order chi connectivity index (χ1) is 7.22. The van der Waals surface area contributed by atoms with Crippen LogP contribution >= 0.6 is 0 Å². The molecular weight excluding hydrogens is 242 g/mol. The Hall–Kier alpha value is -0.500. The van der Waals surface area contributed by atoms with E-state index in [1.54, 1.807) is 6.92 Å². The van der Waals surface area contributed by atoms with Crippen LogP contribution in [0.2, 0.25) is 0 Å². The van der Waals surface area contributed by atoms with Gasteiger partial charge in [0.1, 0.15) is 0 Å². The van der Waals surface area contributed by atoms with E-state index in [0.29, 0.717) is 6.42 Å². The van der Waals surface area contributed by atoms with Gasteiger partial charge in [-0.3, -0.25) is 0 Å². The lowest BCUT2D eigenvalue weighted by atomic mass is 10.3. The summed E-state index contributed by atoms with van der Waals surface area (Å²) in [6.45, 7) is 0.918. The molecule has 0 fully saturated rings. The summed E-state index contributed by atoms with van der Waals surface area (Å²) in [7, 11) is 0. The highest BCUT2D eigenvalue weighted by Crippen LogP contribution is 2.35. The highest BCUT2D eigenvalue weighted by atomic mass is 19.4. The van der Waals surface area contributed by atoms with Crippen molar-refractivity contribution in [1.29, 1.82) is 0 Å². The molecule has 0 rings (SSSR count). The van der Waals surface area contributed by atoms with Gasteiger partial charge in [0.2, 0.25) is 0 Å². The number of halogens is 6. The maximum atomic E-state index is 12.4. The first-order valence-corrected chi connectivity index (χ1v) is 4.52. The standard InChI is InChI=1S/C8H12F6O2/c1-2-3-15-4-5-16-8(13,14)6(9)7(10,11)12/h6H,2-5H2,1H3. The lowest BCUT2D eigenvalue weighted by Crippen LogP contribution is -2.44. The second kappa shape index (κ2) is 6.29. The smallest absolute Gasteiger partial charge is 0.379 e. The second-order valence-corrected chi connectivity index (χ2v) is 2.93. The van der Waals surface area contributed by atoms with Crippen LogP contribution < -0.4 is 0 Å². The summed E-state index contributed by atoms with van der Waals surface area (Å²) < 4.78 is 80.1. The minimum atomic E-state index is -5.65. The number of ether oxygens (including phenoxy) is 2. The van der Waals surface area contributed by atoms with Gasteiger partial charge in [-0.15, -0.1) is 0 Å². The molecule has 0 radical (unpaired) electrons. The molecule has 0 bridgehead atoms. The van der Waals surface area contributed by atoms with Crippen LogP contribution in [-0.4, -0.2) is 38.3 Å². The Morgan fingerprint density at radius 1 is 1.00 bits per heavy atom. The summed E-state index contributed by atoms with van der Waals surface area (Å²) >= 11 is 0. The van der Waals surface area contributed by atoms with Crippen molar-refractivity contribution in [3.8, 4) is 0 Å². The summed E-state index contributed by atoms with van der Waals surface area (Å²) in [6, 6.07) is 0. The van der Waals surface area contributed by atoms with E-state index in [0.717, 1.165) is 0 Å². The number of hydrogen-bond donors (Lipinski definition) is 0. The van der Waals surface area contributed by atoms with Crippen molar-refractivity contribution in [1.82, 2.24) is 0 Å². The second-order valence-electron chi connectivity index (χ2n) is 2.93. The first kappa shape index (κ1) is 15.5. The molecule has 8 heteroatoms. The molecule has 2 nitrogen and oxygen atoms in total. The van der Waals surface area contributed by atoms with Gasteiger partial charge in [-0.2, -0.15) is 22.0 Å². The van der Waals surface area contributed by atoms with E-state index in [-0.39, 0.29) is 13.2 Å². The summed E-state index contributed by atoms with van der Waals surface area (Å²) in [5, 5.41) is 0. The van der Waals surface area contributed by atoms with E-state index < -0.39 is 25.1 Å². The number of hydrogen-bond acceptors (Lipinski definition) is 2. The molecule has 0 aliphatic heterocycles. The molecule has 0 aromatic rings. The molecular formula is C8H12F6O2. The lowest BCUT2D eigenvalue weighted by Gasteiger charge is -2.22. The molecule has 0 aliphatic rings. The molecule has 0 amide bonds. The first-order valence-electron chi connectivity index (χ1n) is 4.52. The summed E-state index contributed by atoms with van der Waals surface area (Å²) in [4.78, 5) is 0. The van der Waals surface area contributed by atoms with Crippen LogP contribution in [-0.2, 0) is 9.47 Å². The minimum absolute atomic E-state index is 0.271. The predicted molar refractivity (Wildman–Crippen MR) is 43.0 cm³/mol. The topological polar surface area (TPSA) is 18.5 Å². The molecule has 0 aromatic heterocycles. The molecule has 1 unspecified atom stereocenters. The fourth-order valence-corrected chi connectivity index (χ4v) is 0.747. The zero-order valence-electron chi connectivity index (χ0n) is 8.49. The van der Waals surface area contributed by atoms with Crippen molar-refractivity contribution in [2.24, 2.45) is 0 Å². The molecule has 1 atom stereocenters. The van der Waals surface area contributed by atoms with E-state index in [9.17, 15) is 26.3 Å². The summed E-state index contributed by atoms with van der Waals surface area (Å²) in [5.41, 5.74) is 0. The van der Waals surface area contributed by atoms with Gasteiger partial charge in [0.15, 0.2) is 0 Å². The van der Waals surface area contributed by atoms with E-state index in [1.807, 2.05) is 0 Å². The number of alkyl halides is 6. The van der Waals surface area contributed by atoms with E-state index in [1.165, 1.54) is 0 Å². The van der Waals surface area contributed by atoms with Gasteiger partial charge in [-0.25, -0.2) is 4.39 Å². The summed E-state index contributed by atoms with van der Waals surface area (Å²) in [5.74, 6) is 0. The van der Waals surface area contributed by atoms with Gasteiger partial charge in [-0.1, -0.05) is 6.92 Å². The van der Waals surface area contributed by atoms with Crippen LogP contribution in [0.4, 0.5) is 26.3 Å². The lowest BCUT2D eigenvalue weighted by molar-refractivity contribution is -0.337. The largest absolute Gasteiger partial charge is 0.428 e. The molecule has 0 saturated carbocycles. The zero-order chi connectivity index (χ0) is 12.8. The molecule has 98 valence electrons. The van der Waals surface area contributed by atoms with Crippen LogP contribution in [0.1, 0.15) is 13.3 Å². The molecule has 0 heterocycles. The van der Waals surface area contributed by atoms with Crippen molar-refractivity contribution >= 4 is 0 Å². The van der Waals surface area contributed by atoms with Crippen molar-refractivity contribution in [3.63, 3.8) is 0 Å². The molecule has 0 N–H and O–H groups in total. The fourth-order valence-electron chi connectivity index (χ4n) is 0.747. The van der Waals surface area contributed by atoms with Gasteiger partial charge >= 0.3 is 12.3 Å². The van der Waals surface area contributed by atoms with Crippen molar-refractivity contribution in [2.75, 3.05) is 19.8 Å². The Balaban J connectivity index is 3.95. The van der Waals surface area contributed by atoms with E-state index in [4.69, 9.17) is 0 Å².